The Morgan fingerprint density at radius 2 is 1.78 bits per heavy atom. The van der Waals surface area contributed by atoms with E-state index in [4.69, 9.17) is 9.47 Å². The summed E-state index contributed by atoms with van der Waals surface area (Å²) in [5.41, 5.74) is 2.62. The zero-order valence-electron chi connectivity index (χ0n) is 17.8. The normalized spacial score (nSPS) is 11.6. The first-order valence-corrected chi connectivity index (χ1v) is 11.0. The van der Waals surface area contributed by atoms with Crippen LogP contribution in [0.2, 0.25) is 0 Å². The van der Waals surface area contributed by atoms with E-state index in [1.54, 1.807) is 31.4 Å². The lowest BCUT2D eigenvalue weighted by atomic mass is 10.1. The molecular weight excluding hydrogens is 422 g/mol. The van der Waals surface area contributed by atoms with Crippen LogP contribution in [-0.4, -0.2) is 22.4 Å². The third-order valence-corrected chi connectivity index (χ3v) is 5.53. The molecule has 1 unspecified atom stereocenters. The fraction of sp³-hybridized carbons (Fsp3) is 0.160. The Morgan fingerprint density at radius 1 is 1.00 bits per heavy atom. The van der Waals surface area contributed by atoms with Gasteiger partial charge >= 0.3 is 0 Å². The first kappa shape index (κ1) is 21.5. The average Bonchev–Trinajstić information content (AvgIpc) is 3.26. The van der Waals surface area contributed by atoms with Crippen LogP contribution in [0, 0.1) is 0 Å². The van der Waals surface area contributed by atoms with Gasteiger partial charge in [-0.05, 0) is 48.4 Å². The zero-order chi connectivity index (χ0) is 22.3. The Bertz CT molecular complexity index is 1190. The smallest absolute Gasteiger partial charge is 0.298 e. The van der Waals surface area contributed by atoms with Gasteiger partial charge in [0, 0.05) is 23.5 Å². The summed E-state index contributed by atoms with van der Waals surface area (Å²) in [4.78, 5) is 17.2. The molecule has 0 aliphatic heterocycles. The fourth-order valence-corrected chi connectivity index (χ4v) is 3.79. The number of hydrogen-bond acceptors (Lipinski definition) is 6. The summed E-state index contributed by atoms with van der Waals surface area (Å²) in [6, 6.07) is 24.6. The number of aromatic nitrogens is 2. The molecule has 4 rings (SSSR count). The monoisotopic (exact) mass is 445 g/mol. The van der Waals surface area contributed by atoms with E-state index < -0.39 is 0 Å². The van der Waals surface area contributed by atoms with Crippen LogP contribution in [0.5, 0.6) is 16.7 Å². The molecule has 4 aromatic rings. The predicted molar refractivity (Wildman–Crippen MR) is 125 cm³/mol. The summed E-state index contributed by atoms with van der Waals surface area (Å²) in [7, 11) is 1.64. The zero-order valence-corrected chi connectivity index (χ0v) is 18.6. The van der Waals surface area contributed by atoms with Gasteiger partial charge in [0.05, 0.1) is 13.2 Å². The van der Waals surface area contributed by atoms with Crippen molar-refractivity contribution in [3.8, 4) is 16.7 Å². The van der Waals surface area contributed by atoms with E-state index in [0.29, 0.717) is 28.8 Å². The Labute approximate surface area is 191 Å². The van der Waals surface area contributed by atoms with Gasteiger partial charge < -0.3 is 14.8 Å². The Kier molecular flexibility index (Phi) is 6.77. The third kappa shape index (κ3) is 5.50. The number of methoxy groups -OCH3 is 1. The lowest BCUT2D eigenvalue weighted by Gasteiger charge is -2.14. The molecule has 1 atom stereocenters. The molecule has 1 heterocycles. The molecule has 1 N–H and O–H groups in total. The molecule has 0 aliphatic rings. The van der Waals surface area contributed by atoms with Gasteiger partial charge in [0.1, 0.15) is 11.5 Å². The van der Waals surface area contributed by atoms with E-state index in [1.165, 1.54) is 11.5 Å². The highest BCUT2D eigenvalue weighted by Gasteiger charge is 2.13. The first-order chi connectivity index (χ1) is 15.6. The van der Waals surface area contributed by atoms with Gasteiger partial charge in [0.2, 0.25) is 0 Å². The predicted octanol–water partition coefficient (Wildman–Crippen LogP) is 5.42. The molecular formula is C25H23N3O3S. The molecule has 0 saturated heterocycles. The van der Waals surface area contributed by atoms with Crippen LogP contribution in [-0.2, 0) is 6.42 Å². The number of carbonyl (C=O) groups excluding carboxylic acids is 1. The van der Waals surface area contributed by atoms with Crippen molar-refractivity contribution < 1.29 is 14.3 Å². The fourth-order valence-electron chi connectivity index (χ4n) is 3.22. The van der Waals surface area contributed by atoms with E-state index in [2.05, 4.69) is 14.7 Å². The Morgan fingerprint density at radius 3 is 2.59 bits per heavy atom. The van der Waals surface area contributed by atoms with E-state index in [1.807, 2.05) is 61.5 Å². The van der Waals surface area contributed by atoms with E-state index in [9.17, 15) is 4.79 Å². The first-order valence-electron chi connectivity index (χ1n) is 10.2. The number of ether oxygens (including phenoxy) is 2. The number of rotatable bonds is 8. The summed E-state index contributed by atoms with van der Waals surface area (Å²) >= 11 is 1.18. The van der Waals surface area contributed by atoms with Crippen molar-refractivity contribution in [1.82, 2.24) is 14.7 Å². The third-order valence-electron chi connectivity index (χ3n) is 4.89. The lowest BCUT2D eigenvalue weighted by Crippen LogP contribution is -2.26. The minimum absolute atomic E-state index is 0.101. The number of carbonyl (C=O) groups is 1. The number of amides is 1. The minimum atomic E-state index is -0.164. The van der Waals surface area contributed by atoms with Crippen LogP contribution >= 0.6 is 11.5 Å². The second kappa shape index (κ2) is 10.1. The van der Waals surface area contributed by atoms with Gasteiger partial charge in [-0.2, -0.15) is 9.36 Å². The molecule has 0 fully saturated rings. The Hall–Kier alpha value is -3.71. The van der Waals surface area contributed by atoms with Gasteiger partial charge in [-0.15, -0.1) is 0 Å². The molecule has 162 valence electrons. The van der Waals surface area contributed by atoms with Gasteiger partial charge in [-0.25, -0.2) is 0 Å². The highest BCUT2D eigenvalue weighted by molar-refractivity contribution is 7.07. The molecule has 0 radical (unpaired) electrons. The van der Waals surface area contributed by atoms with Crippen LogP contribution in [0.25, 0.3) is 0 Å². The molecule has 0 saturated carbocycles. The molecule has 7 heteroatoms. The summed E-state index contributed by atoms with van der Waals surface area (Å²) in [5, 5.41) is 3.44. The van der Waals surface area contributed by atoms with E-state index >= 15 is 0 Å². The summed E-state index contributed by atoms with van der Waals surface area (Å²) < 4.78 is 15.5. The van der Waals surface area contributed by atoms with Crippen molar-refractivity contribution in [3.63, 3.8) is 0 Å². The number of hydrogen-bond donors (Lipinski definition) is 1. The highest BCUT2D eigenvalue weighted by atomic mass is 32.1. The largest absolute Gasteiger partial charge is 0.497 e. The topological polar surface area (TPSA) is 73.3 Å². The molecule has 32 heavy (non-hydrogen) atoms. The standard InChI is InChI=1S/C25H23N3O3S/c1-17(19-9-4-3-5-10-19)26-24(29)20-11-7-13-22(16-20)31-25-27-23(28-32-25)15-18-8-6-12-21(14-18)30-2/h3-14,16-17H,15H2,1-2H3,(H,26,29). The summed E-state index contributed by atoms with van der Waals surface area (Å²) in [5.74, 6) is 1.84. The molecule has 0 bridgehead atoms. The average molecular weight is 446 g/mol. The maximum atomic E-state index is 12.7. The van der Waals surface area contributed by atoms with E-state index in [0.717, 1.165) is 16.9 Å². The Balaban J connectivity index is 1.40. The van der Waals surface area contributed by atoms with Crippen molar-refractivity contribution in [1.29, 1.82) is 0 Å². The van der Waals surface area contributed by atoms with Crippen LogP contribution in [0.1, 0.15) is 40.3 Å². The molecule has 1 aromatic heterocycles. The summed E-state index contributed by atoms with van der Waals surface area (Å²) in [6.07, 6.45) is 0.580. The van der Waals surface area contributed by atoms with Crippen molar-refractivity contribution >= 4 is 17.4 Å². The maximum absolute atomic E-state index is 12.7. The van der Waals surface area contributed by atoms with E-state index in [-0.39, 0.29) is 11.9 Å². The number of nitrogens with zero attached hydrogens (tertiary/aromatic N) is 2. The molecule has 1 amide bonds. The van der Waals surface area contributed by atoms with Gasteiger partial charge in [-0.1, -0.05) is 48.5 Å². The molecule has 6 nitrogen and oxygen atoms in total. The molecule has 3 aromatic carbocycles. The SMILES string of the molecule is COc1cccc(Cc2nsc(Oc3cccc(C(=O)NC(C)c4ccccc4)c3)n2)c1. The van der Waals surface area contributed by atoms with Crippen LogP contribution in [0.3, 0.4) is 0 Å². The van der Waals surface area contributed by atoms with Crippen LogP contribution in [0.15, 0.2) is 78.9 Å². The molecule has 0 aliphatic carbocycles. The second-order valence-electron chi connectivity index (χ2n) is 7.24. The van der Waals surface area contributed by atoms with Crippen molar-refractivity contribution in [2.45, 2.75) is 19.4 Å². The molecule has 0 spiro atoms. The van der Waals surface area contributed by atoms with Gasteiger partial charge in [-0.3, -0.25) is 4.79 Å². The van der Waals surface area contributed by atoms with Crippen LogP contribution in [0.4, 0.5) is 0 Å². The quantitative estimate of drug-likeness (QED) is 0.392. The maximum Gasteiger partial charge on any atom is 0.298 e. The second-order valence-corrected chi connectivity index (χ2v) is 7.95. The number of nitrogens with one attached hydrogen (secondary N) is 1. The highest BCUT2D eigenvalue weighted by Crippen LogP contribution is 2.25. The lowest BCUT2D eigenvalue weighted by molar-refractivity contribution is 0.0939. The minimum Gasteiger partial charge on any atom is -0.497 e. The number of benzene rings is 3. The van der Waals surface area contributed by atoms with Gasteiger partial charge in [0.15, 0.2) is 5.82 Å². The van der Waals surface area contributed by atoms with Crippen molar-refractivity contribution in [2.24, 2.45) is 0 Å². The van der Waals surface area contributed by atoms with Crippen molar-refractivity contribution in [3.05, 3.63) is 101 Å². The van der Waals surface area contributed by atoms with Crippen LogP contribution < -0.4 is 14.8 Å². The van der Waals surface area contributed by atoms with Gasteiger partial charge in [0.25, 0.3) is 11.1 Å². The summed E-state index contributed by atoms with van der Waals surface area (Å²) in [6.45, 7) is 1.96. The van der Waals surface area contributed by atoms with Crippen molar-refractivity contribution in [2.75, 3.05) is 7.11 Å².